The van der Waals surface area contributed by atoms with Crippen LogP contribution in [0.15, 0.2) is 71.6 Å². The number of sulfonamides is 1. The zero-order valence-electron chi connectivity index (χ0n) is 16.8. The number of benzene rings is 3. The van der Waals surface area contributed by atoms with Crippen molar-refractivity contribution in [2.45, 2.75) is 17.7 Å². The molecular weight excluding hydrogens is 436 g/mol. The molecule has 1 N–H and O–H groups in total. The first-order valence-electron chi connectivity index (χ1n) is 9.75. The summed E-state index contributed by atoms with van der Waals surface area (Å²) in [5, 5.41) is 3.33. The second-order valence-electron chi connectivity index (χ2n) is 7.16. The molecular formula is C23H21ClN2O4S. The number of nitrogens with one attached hydrogen (secondary N) is 1. The third-order valence-corrected chi connectivity index (χ3v) is 7.25. The van der Waals surface area contributed by atoms with E-state index in [9.17, 15) is 13.2 Å². The molecule has 0 bridgehead atoms. The maximum Gasteiger partial charge on any atom is 0.264 e. The number of methoxy groups -OCH3 is 1. The summed E-state index contributed by atoms with van der Waals surface area (Å²) in [6.45, 7) is 0.384. The molecule has 1 amide bonds. The lowest BCUT2D eigenvalue weighted by Gasteiger charge is -2.30. The van der Waals surface area contributed by atoms with Gasteiger partial charge in [-0.3, -0.25) is 9.10 Å². The summed E-state index contributed by atoms with van der Waals surface area (Å²) in [4.78, 5) is 12.9. The van der Waals surface area contributed by atoms with Crippen molar-refractivity contribution < 1.29 is 17.9 Å². The zero-order valence-corrected chi connectivity index (χ0v) is 18.4. The van der Waals surface area contributed by atoms with Crippen LogP contribution >= 0.6 is 11.6 Å². The lowest BCUT2D eigenvalue weighted by atomic mass is 10.0. The van der Waals surface area contributed by atoms with Crippen molar-refractivity contribution in [1.82, 2.24) is 0 Å². The van der Waals surface area contributed by atoms with Gasteiger partial charge in [0.1, 0.15) is 5.75 Å². The molecule has 3 aromatic carbocycles. The maximum absolute atomic E-state index is 13.2. The van der Waals surface area contributed by atoms with Crippen LogP contribution in [0.5, 0.6) is 5.75 Å². The average Bonchev–Trinajstić information content (AvgIpc) is 2.79. The van der Waals surface area contributed by atoms with Crippen LogP contribution in [0.2, 0.25) is 5.02 Å². The first kappa shape index (κ1) is 21.2. The highest BCUT2D eigenvalue weighted by Gasteiger charge is 2.29. The number of nitrogens with zero attached hydrogens (tertiary/aromatic N) is 1. The van der Waals surface area contributed by atoms with Gasteiger partial charge < -0.3 is 10.1 Å². The van der Waals surface area contributed by atoms with Gasteiger partial charge in [0.25, 0.3) is 15.9 Å². The number of hydrogen-bond acceptors (Lipinski definition) is 4. The fourth-order valence-corrected chi connectivity index (χ4v) is 5.23. The minimum atomic E-state index is -3.72. The molecule has 160 valence electrons. The molecule has 1 aliphatic rings. The van der Waals surface area contributed by atoms with Crippen molar-refractivity contribution in [1.29, 1.82) is 0 Å². The third kappa shape index (κ3) is 4.38. The van der Waals surface area contributed by atoms with Gasteiger partial charge in [0.15, 0.2) is 0 Å². The highest BCUT2D eigenvalue weighted by molar-refractivity contribution is 7.92. The van der Waals surface area contributed by atoms with Gasteiger partial charge in [-0.05, 0) is 85.1 Å². The van der Waals surface area contributed by atoms with Crippen LogP contribution in [0, 0.1) is 0 Å². The van der Waals surface area contributed by atoms with Crippen molar-refractivity contribution >= 4 is 38.9 Å². The number of aryl methyl sites for hydroxylation is 1. The van der Waals surface area contributed by atoms with E-state index in [0.717, 1.165) is 5.56 Å². The molecule has 0 aliphatic carbocycles. The van der Waals surface area contributed by atoms with E-state index in [0.29, 0.717) is 47.1 Å². The number of amides is 1. The lowest BCUT2D eigenvalue weighted by molar-refractivity contribution is 0.102. The number of carbonyl (C=O) groups is 1. The smallest absolute Gasteiger partial charge is 0.264 e. The Kier molecular flexibility index (Phi) is 5.89. The van der Waals surface area contributed by atoms with E-state index in [-0.39, 0.29) is 10.8 Å². The number of anilines is 2. The highest BCUT2D eigenvalue weighted by atomic mass is 35.5. The Bertz CT molecular complexity index is 1210. The van der Waals surface area contributed by atoms with E-state index in [2.05, 4.69) is 5.32 Å². The predicted molar refractivity (Wildman–Crippen MR) is 122 cm³/mol. The normalized spacial score (nSPS) is 13.4. The van der Waals surface area contributed by atoms with E-state index in [1.54, 1.807) is 61.7 Å². The predicted octanol–water partition coefficient (Wildman–Crippen LogP) is 4.74. The molecule has 0 saturated carbocycles. The summed E-state index contributed by atoms with van der Waals surface area (Å²) in [5.74, 6) is 0.444. The van der Waals surface area contributed by atoms with Crippen LogP contribution in [0.25, 0.3) is 0 Å². The van der Waals surface area contributed by atoms with Crippen molar-refractivity contribution in [2.75, 3.05) is 23.3 Å². The van der Waals surface area contributed by atoms with Gasteiger partial charge in [0, 0.05) is 22.8 Å². The summed E-state index contributed by atoms with van der Waals surface area (Å²) in [5.41, 5.74) is 2.55. The Morgan fingerprint density at radius 2 is 1.74 bits per heavy atom. The quantitative estimate of drug-likeness (QED) is 0.601. The summed E-state index contributed by atoms with van der Waals surface area (Å²) in [7, 11) is -2.14. The van der Waals surface area contributed by atoms with E-state index >= 15 is 0 Å². The fourth-order valence-electron chi connectivity index (χ4n) is 3.56. The molecule has 3 aromatic rings. The largest absolute Gasteiger partial charge is 0.497 e. The third-order valence-electron chi connectivity index (χ3n) is 5.17. The minimum absolute atomic E-state index is 0.186. The number of ether oxygens (including phenoxy) is 1. The minimum Gasteiger partial charge on any atom is -0.497 e. The highest BCUT2D eigenvalue weighted by Crippen LogP contribution is 2.33. The van der Waals surface area contributed by atoms with Crippen LogP contribution in [-0.2, 0) is 16.4 Å². The molecule has 0 saturated heterocycles. The van der Waals surface area contributed by atoms with Gasteiger partial charge in [0.2, 0.25) is 0 Å². The fraction of sp³-hybridized carbons (Fsp3) is 0.174. The van der Waals surface area contributed by atoms with Crippen LogP contribution in [0.4, 0.5) is 11.4 Å². The van der Waals surface area contributed by atoms with Crippen molar-refractivity contribution in [3.8, 4) is 5.75 Å². The van der Waals surface area contributed by atoms with E-state index in [4.69, 9.17) is 16.3 Å². The van der Waals surface area contributed by atoms with Gasteiger partial charge in [-0.1, -0.05) is 11.6 Å². The van der Waals surface area contributed by atoms with Gasteiger partial charge >= 0.3 is 0 Å². The molecule has 0 radical (unpaired) electrons. The maximum atomic E-state index is 13.2. The number of fused-ring (bicyclic) bond motifs is 1. The average molecular weight is 457 g/mol. The second-order valence-corrected chi connectivity index (χ2v) is 9.46. The monoisotopic (exact) mass is 456 g/mol. The molecule has 0 spiro atoms. The van der Waals surface area contributed by atoms with Gasteiger partial charge in [0.05, 0.1) is 17.7 Å². The van der Waals surface area contributed by atoms with Gasteiger partial charge in [-0.25, -0.2) is 8.42 Å². The molecule has 4 rings (SSSR count). The van der Waals surface area contributed by atoms with E-state index < -0.39 is 10.0 Å². The molecule has 31 heavy (non-hydrogen) atoms. The number of hydrogen-bond donors (Lipinski definition) is 1. The molecule has 8 heteroatoms. The van der Waals surface area contributed by atoms with E-state index in [1.807, 2.05) is 0 Å². The first-order chi connectivity index (χ1) is 14.9. The van der Waals surface area contributed by atoms with Crippen molar-refractivity contribution in [2.24, 2.45) is 0 Å². The summed E-state index contributed by atoms with van der Waals surface area (Å²) < 4.78 is 32.9. The molecule has 0 fully saturated rings. The molecule has 1 heterocycles. The molecule has 0 aromatic heterocycles. The topological polar surface area (TPSA) is 75.7 Å². The molecule has 6 nitrogen and oxygen atoms in total. The van der Waals surface area contributed by atoms with E-state index in [1.165, 1.54) is 16.4 Å². The Morgan fingerprint density at radius 1 is 1.03 bits per heavy atom. The standard InChI is InChI=1S/C23H21ClN2O4S/c1-30-20-9-7-19(8-10-20)25-23(27)17-4-13-22-16(15-17)3-2-14-26(22)31(28,29)21-11-5-18(24)6-12-21/h4-13,15H,2-3,14H2,1H3,(H,25,27). The van der Waals surface area contributed by atoms with Crippen molar-refractivity contribution in [3.63, 3.8) is 0 Å². The van der Waals surface area contributed by atoms with Crippen molar-refractivity contribution in [3.05, 3.63) is 82.9 Å². The van der Waals surface area contributed by atoms with Gasteiger partial charge in [-0.15, -0.1) is 0 Å². The summed E-state index contributed by atoms with van der Waals surface area (Å²) in [6, 6.07) is 18.3. The Balaban J connectivity index is 1.59. The van der Waals surface area contributed by atoms with Crippen LogP contribution in [0.1, 0.15) is 22.3 Å². The number of rotatable bonds is 5. The van der Waals surface area contributed by atoms with Gasteiger partial charge in [-0.2, -0.15) is 0 Å². The summed E-state index contributed by atoms with van der Waals surface area (Å²) >= 11 is 5.90. The lowest BCUT2D eigenvalue weighted by Crippen LogP contribution is -2.35. The number of carbonyl (C=O) groups excluding carboxylic acids is 1. The first-order valence-corrected chi connectivity index (χ1v) is 11.6. The number of halogens is 1. The van der Waals surface area contributed by atoms with Crippen LogP contribution < -0.4 is 14.4 Å². The Hall–Kier alpha value is -3.03. The zero-order chi connectivity index (χ0) is 22.0. The molecule has 0 unspecified atom stereocenters. The second kappa shape index (κ2) is 8.61. The molecule has 0 atom stereocenters. The molecule has 1 aliphatic heterocycles. The Labute approximate surface area is 186 Å². The van der Waals surface area contributed by atoms with Crippen LogP contribution in [0.3, 0.4) is 0 Å². The summed E-state index contributed by atoms with van der Waals surface area (Å²) in [6.07, 6.45) is 1.37. The Morgan fingerprint density at radius 3 is 2.42 bits per heavy atom. The van der Waals surface area contributed by atoms with Crippen LogP contribution in [-0.4, -0.2) is 28.0 Å². The SMILES string of the molecule is COc1ccc(NC(=O)c2ccc3c(c2)CCCN3S(=O)(=O)c2ccc(Cl)cc2)cc1.